The lowest BCUT2D eigenvalue weighted by molar-refractivity contribution is -0.0678. The average molecular weight is 208 g/mol. The van der Waals surface area contributed by atoms with Gasteiger partial charge in [-0.1, -0.05) is 19.1 Å². The minimum absolute atomic E-state index is 0.0795. The first-order valence-corrected chi connectivity index (χ1v) is 5.16. The van der Waals surface area contributed by atoms with Gasteiger partial charge in [-0.2, -0.15) is 0 Å². The summed E-state index contributed by atoms with van der Waals surface area (Å²) in [5.74, 6) is 1.27. The highest BCUT2D eigenvalue weighted by atomic mass is 16.6. The average Bonchev–Trinajstić information content (AvgIpc) is 2.59. The van der Waals surface area contributed by atoms with Crippen molar-refractivity contribution in [2.45, 2.75) is 19.1 Å². The van der Waals surface area contributed by atoms with Crippen LogP contribution >= 0.6 is 0 Å². The summed E-state index contributed by atoms with van der Waals surface area (Å²) in [4.78, 5) is 0. The van der Waals surface area contributed by atoms with Crippen molar-refractivity contribution in [1.82, 2.24) is 0 Å². The first kappa shape index (κ1) is 10.5. The molecule has 1 aromatic carbocycles. The molecule has 3 nitrogen and oxygen atoms in total. The fraction of sp³-hybridized carbons (Fsp3) is 0.500. The van der Waals surface area contributed by atoms with Crippen LogP contribution in [0.2, 0.25) is 0 Å². The molecule has 1 fully saturated rings. The number of hydrogen-bond donors (Lipinski definition) is 1. The van der Waals surface area contributed by atoms with E-state index >= 15 is 0 Å². The fourth-order valence-corrected chi connectivity index (χ4v) is 2.06. The molecule has 1 unspecified atom stereocenters. The van der Waals surface area contributed by atoms with E-state index in [1.54, 1.807) is 7.11 Å². The van der Waals surface area contributed by atoms with Crippen molar-refractivity contribution >= 4 is 0 Å². The Bertz CT molecular complexity index is 310. The van der Waals surface area contributed by atoms with Gasteiger partial charge >= 0.3 is 0 Å². The summed E-state index contributed by atoms with van der Waals surface area (Å²) in [6, 6.07) is 7.79. The molecule has 1 N–H and O–H groups in total. The first-order valence-electron chi connectivity index (χ1n) is 5.16. The Kier molecular flexibility index (Phi) is 2.93. The number of aliphatic hydroxyl groups excluding tert-OH is 1. The van der Waals surface area contributed by atoms with Gasteiger partial charge in [0.05, 0.1) is 13.7 Å². The zero-order valence-corrected chi connectivity index (χ0v) is 9.01. The minimum atomic E-state index is -0.673. The Morgan fingerprint density at radius 3 is 2.47 bits per heavy atom. The van der Waals surface area contributed by atoms with Crippen LogP contribution in [0.25, 0.3) is 0 Å². The molecule has 82 valence electrons. The van der Waals surface area contributed by atoms with Crippen molar-refractivity contribution in [3.05, 3.63) is 29.8 Å². The number of hydrogen-bond acceptors (Lipinski definition) is 3. The Labute approximate surface area is 89.6 Å². The van der Waals surface area contributed by atoms with Crippen LogP contribution in [0.15, 0.2) is 24.3 Å². The molecule has 0 saturated carbocycles. The monoisotopic (exact) mass is 208 g/mol. The van der Waals surface area contributed by atoms with Gasteiger partial charge in [0.15, 0.2) is 6.29 Å². The summed E-state index contributed by atoms with van der Waals surface area (Å²) in [6.45, 7) is 2.71. The first-order chi connectivity index (χ1) is 7.22. The predicted octanol–water partition coefficient (Wildman–Crippen LogP) is 1.76. The smallest absolute Gasteiger partial charge is 0.161 e. The molecule has 0 spiro atoms. The van der Waals surface area contributed by atoms with Crippen molar-refractivity contribution in [3.8, 4) is 5.75 Å². The highest BCUT2D eigenvalue weighted by molar-refractivity contribution is 5.30. The van der Waals surface area contributed by atoms with Crippen LogP contribution in [0.5, 0.6) is 5.75 Å². The van der Waals surface area contributed by atoms with E-state index in [2.05, 4.69) is 6.92 Å². The van der Waals surface area contributed by atoms with Crippen LogP contribution in [0.4, 0.5) is 0 Å². The molecule has 1 aliphatic rings. The van der Waals surface area contributed by atoms with Crippen molar-refractivity contribution in [2.24, 2.45) is 5.92 Å². The van der Waals surface area contributed by atoms with Crippen LogP contribution < -0.4 is 4.74 Å². The number of benzene rings is 1. The Balaban J connectivity index is 2.21. The van der Waals surface area contributed by atoms with Crippen LogP contribution in [0, 0.1) is 5.92 Å². The molecule has 1 aliphatic heterocycles. The third-order valence-electron chi connectivity index (χ3n) is 2.95. The Morgan fingerprint density at radius 1 is 1.33 bits per heavy atom. The molecule has 0 aromatic heterocycles. The third-order valence-corrected chi connectivity index (χ3v) is 2.95. The third kappa shape index (κ3) is 1.98. The summed E-state index contributed by atoms with van der Waals surface area (Å²) >= 11 is 0. The lowest BCUT2D eigenvalue weighted by Crippen LogP contribution is -2.16. The lowest BCUT2D eigenvalue weighted by atomic mass is 9.89. The van der Waals surface area contributed by atoms with E-state index in [-0.39, 0.29) is 5.92 Å². The van der Waals surface area contributed by atoms with Crippen LogP contribution in [0.1, 0.15) is 18.4 Å². The van der Waals surface area contributed by atoms with E-state index in [1.807, 2.05) is 24.3 Å². The van der Waals surface area contributed by atoms with Gasteiger partial charge in [-0.15, -0.1) is 0 Å². The van der Waals surface area contributed by atoms with Gasteiger partial charge in [-0.25, -0.2) is 0 Å². The summed E-state index contributed by atoms with van der Waals surface area (Å²) < 4.78 is 10.3. The molecule has 0 amide bonds. The van der Waals surface area contributed by atoms with Crippen LogP contribution in [0.3, 0.4) is 0 Å². The Hall–Kier alpha value is -1.06. The van der Waals surface area contributed by atoms with E-state index in [4.69, 9.17) is 9.47 Å². The van der Waals surface area contributed by atoms with Gasteiger partial charge in [0.1, 0.15) is 5.75 Å². The molecule has 3 heteroatoms. The minimum Gasteiger partial charge on any atom is -0.497 e. The van der Waals surface area contributed by atoms with E-state index in [0.29, 0.717) is 12.5 Å². The van der Waals surface area contributed by atoms with E-state index in [0.717, 1.165) is 11.3 Å². The van der Waals surface area contributed by atoms with Gasteiger partial charge in [0, 0.05) is 5.92 Å². The predicted molar refractivity (Wildman–Crippen MR) is 56.9 cm³/mol. The maximum atomic E-state index is 9.69. The van der Waals surface area contributed by atoms with Crippen molar-refractivity contribution in [3.63, 3.8) is 0 Å². The summed E-state index contributed by atoms with van der Waals surface area (Å²) in [5, 5.41) is 9.69. The SMILES string of the molecule is COc1ccc([C@@H]2C(O)OC[C@H]2C)cc1. The molecule has 0 bridgehead atoms. The molecule has 1 saturated heterocycles. The Morgan fingerprint density at radius 2 is 2.00 bits per heavy atom. The van der Waals surface area contributed by atoms with E-state index in [1.165, 1.54) is 0 Å². The number of methoxy groups -OCH3 is 1. The van der Waals surface area contributed by atoms with Gasteiger partial charge in [0.25, 0.3) is 0 Å². The number of aliphatic hydroxyl groups is 1. The normalized spacial score (nSPS) is 30.5. The quantitative estimate of drug-likeness (QED) is 0.805. The second-order valence-electron chi connectivity index (χ2n) is 4.00. The summed E-state index contributed by atoms with van der Waals surface area (Å²) in [6.07, 6.45) is -0.673. The zero-order chi connectivity index (χ0) is 10.8. The van der Waals surface area contributed by atoms with Gasteiger partial charge in [-0.05, 0) is 23.6 Å². The maximum Gasteiger partial charge on any atom is 0.161 e. The second-order valence-corrected chi connectivity index (χ2v) is 4.00. The lowest BCUT2D eigenvalue weighted by Gasteiger charge is -2.17. The second kappa shape index (κ2) is 4.21. The molecule has 0 aliphatic carbocycles. The van der Waals surface area contributed by atoms with Crippen LogP contribution in [-0.2, 0) is 4.74 Å². The molecule has 1 aromatic rings. The van der Waals surface area contributed by atoms with Gasteiger partial charge < -0.3 is 14.6 Å². The topological polar surface area (TPSA) is 38.7 Å². The summed E-state index contributed by atoms with van der Waals surface area (Å²) in [5.41, 5.74) is 1.10. The number of rotatable bonds is 2. The van der Waals surface area contributed by atoms with Crippen molar-refractivity contribution in [1.29, 1.82) is 0 Å². The van der Waals surface area contributed by atoms with E-state index in [9.17, 15) is 5.11 Å². The molecule has 2 rings (SSSR count). The highest BCUT2D eigenvalue weighted by Crippen LogP contribution is 2.35. The number of ether oxygens (including phenoxy) is 2. The fourth-order valence-electron chi connectivity index (χ4n) is 2.06. The summed E-state index contributed by atoms with van der Waals surface area (Å²) in [7, 11) is 1.64. The molecule has 0 radical (unpaired) electrons. The largest absolute Gasteiger partial charge is 0.497 e. The van der Waals surface area contributed by atoms with Crippen LogP contribution in [-0.4, -0.2) is 25.1 Å². The van der Waals surface area contributed by atoms with Gasteiger partial charge in [-0.3, -0.25) is 0 Å². The standard InChI is InChI=1S/C12H16O3/c1-8-7-15-12(13)11(8)9-3-5-10(14-2)6-4-9/h3-6,8,11-13H,7H2,1-2H3/t8-,11-,12?/m1/s1. The molecule has 1 heterocycles. The molecular formula is C12H16O3. The maximum absolute atomic E-state index is 9.69. The molecule has 15 heavy (non-hydrogen) atoms. The van der Waals surface area contributed by atoms with Gasteiger partial charge in [0.2, 0.25) is 0 Å². The molecular weight excluding hydrogens is 192 g/mol. The zero-order valence-electron chi connectivity index (χ0n) is 9.01. The van der Waals surface area contributed by atoms with Crippen molar-refractivity contribution < 1.29 is 14.6 Å². The van der Waals surface area contributed by atoms with Crippen molar-refractivity contribution in [2.75, 3.05) is 13.7 Å². The highest BCUT2D eigenvalue weighted by Gasteiger charge is 2.34. The molecule has 3 atom stereocenters. The van der Waals surface area contributed by atoms with E-state index < -0.39 is 6.29 Å².